The first-order valence-electron chi connectivity index (χ1n) is 7.40. The number of nitrogens with one attached hydrogen (secondary N) is 1. The lowest BCUT2D eigenvalue weighted by atomic mass is 10.0. The molecule has 21 heavy (non-hydrogen) atoms. The van der Waals surface area contributed by atoms with E-state index < -0.39 is 4.92 Å². The molecule has 2 aliphatic heterocycles. The Labute approximate surface area is 123 Å². The van der Waals surface area contributed by atoms with Crippen molar-refractivity contribution in [3.8, 4) is 6.07 Å². The summed E-state index contributed by atoms with van der Waals surface area (Å²) in [5.74, 6) is 0. The normalized spacial score (nSPS) is 25.0. The summed E-state index contributed by atoms with van der Waals surface area (Å²) in [6, 6.07) is 7.65. The lowest BCUT2D eigenvalue weighted by Crippen LogP contribution is -2.44. The van der Waals surface area contributed by atoms with E-state index in [-0.39, 0.29) is 11.3 Å². The molecule has 1 aromatic carbocycles. The van der Waals surface area contributed by atoms with Crippen LogP contribution in [0.1, 0.15) is 31.2 Å². The maximum Gasteiger partial charge on any atom is 0.310 e. The first-order valence-corrected chi connectivity index (χ1v) is 7.40. The molecular weight excluding hydrogens is 268 g/mol. The molecule has 0 amide bonds. The van der Waals surface area contributed by atoms with Crippen LogP contribution in [0.25, 0.3) is 0 Å². The number of nitriles is 1. The second-order valence-electron chi connectivity index (χ2n) is 5.65. The van der Waals surface area contributed by atoms with Gasteiger partial charge in [-0.05, 0) is 44.4 Å². The highest BCUT2D eigenvalue weighted by Crippen LogP contribution is 2.37. The second-order valence-corrected chi connectivity index (χ2v) is 5.65. The molecule has 6 heteroatoms. The topological polar surface area (TPSA) is 82.2 Å². The molecule has 1 aromatic rings. The number of nitrogens with zero attached hydrogens (tertiary/aromatic N) is 3. The molecule has 0 aliphatic carbocycles. The van der Waals surface area contributed by atoms with E-state index in [1.807, 2.05) is 6.07 Å². The van der Waals surface area contributed by atoms with Crippen molar-refractivity contribution in [2.75, 3.05) is 18.0 Å². The van der Waals surface area contributed by atoms with Crippen molar-refractivity contribution < 1.29 is 4.92 Å². The summed E-state index contributed by atoms with van der Waals surface area (Å²) < 4.78 is 0. The number of benzene rings is 1. The monoisotopic (exact) mass is 286 g/mol. The standard InChI is InChI=1S/C15H18N4O2/c16-10-11-4-1-6-14(15(11)19(20)21)18-9-3-7-13(18)12-5-2-8-17-12/h1,4,6,12-13,17H,2-3,5,7-9H2. The highest BCUT2D eigenvalue weighted by Gasteiger charge is 2.36. The third kappa shape index (κ3) is 2.45. The lowest BCUT2D eigenvalue weighted by molar-refractivity contribution is -0.384. The molecular formula is C15H18N4O2. The Morgan fingerprint density at radius 3 is 2.90 bits per heavy atom. The average molecular weight is 286 g/mol. The van der Waals surface area contributed by atoms with Gasteiger partial charge in [0.1, 0.15) is 17.3 Å². The molecule has 110 valence electrons. The Morgan fingerprint density at radius 2 is 2.24 bits per heavy atom. The number of hydrogen-bond donors (Lipinski definition) is 1. The van der Waals surface area contributed by atoms with E-state index in [4.69, 9.17) is 5.26 Å². The molecule has 2 aliphatic rings. The fourth-order valence-electron chi connectivity index (χ4n) is 3.60. The maximum absolute atomic E-state index is 11.4. The molecule has 2 heterocycles. The number of para-hydroxylation sites is 1. The molecule has 0 spiro atoms. The van der Waals surface area contributed by atoms with Crippen LogP contribution in [0.4, 0.5) is 11.4 Å². The van der Waals surface area contributed by atoms with Crippen LogP contribution in [-0.2, 0) is 0 Å². The van der Waals surface area contributed by atoms with Crippen molar-refractivity contribution in [2.45, 2.75) is 37.8 Å². The minimum Gasteiger partial charge on any atom is -0.361 e. The van der Waals surface area contributed by atoms with Gasteiger partial charge in [0, 0.05) is 18.6 Å². The minimum absolute atomic E-state index is 0.0510. The van der Waals surface area contributed by atoms with Gasteiger partial charge in [-0.15, -0.1) is 0 Å². The van der Waals surface area contributed by atoms with Crippen LogP contribution in [0.15, 0.2) is 18.2 Å². The van der Waals surface area contributed by atoms with Crippen molar-refractivity contribution in [2.24, 2.45) is 0 Å². The van der Waals surface area contributed by atoms with Gasteiger partial charge in [0.15, 0.2) is 0 Å². The molecule has 2 atom stereocenters. The smallest absolute Gasteiger partial charge is 0.310 e. The quantitative estimate of drug-likeness (QED) is 0.680. The van der Waals surface area contributed by atoms with Gasteiger partial charge < -0.3 is 10.2 Å². The highest BCUT2D eigenvalue weighted by atomic mass is 16.6. The Bertz CT molecular complexity index is 590. The number of rotatable bonds is 3. The van der Waals surface area contributed by atoms with Crippen LogP contribution in [-0.4, -0.2) is 30.1 Å². The second kappa shape index (κ2) is 5.70. The van der Waals surface area contributed by atoms with Gasteiger partial charge in [-0.2, -0.15) is 5.26 Å². The number of nitro benzene ring substituents is 1. The van der Waals surface area contributed by atoms with Crippen LogP contribution in [0.2, 0.25) is 0 Å². The molecule has 2 saturated heterocycles. The first-order chi connectivity index (χ1) is 10.2. The Balaban J connectivity index is 1.99. The van der Waals surface area contributed by atoms with Crippen molar-refractivity contribution >= 4 is 11.4 Å². The molecule has 0 bridgehead atoms. The summed E-state index contributed by atoms with van der Waals surface area (Å²) in [4.78, 5) is 13.1. The van der Waals surface area contributed by atoms with E-state index in [0.717, 1.165) is 38.8 Å². The fraction of sp³-hybridized carbons (Fsp3) is 0.533. The highest BCUT2D eigenvalue weighted by molar-refractivity contribution is 5.70. The summed E-state index contributed by atoms with van der Waals surface area (Å²) in [6.07, 6.45) is 4.37. The number of hydrogen-bond acceptors (Lipinski definition) is 5. The summed E-state index contributed by atoms with van der Waals surface area (Å²) in [5.41, 5.74) is 0.683. The van der Waals surface area contributed by atoms with Gasteiger partial charge in [0.05, 0.1) is 4.92 Å². The summed E-state index contributed by atoms with van der Waals surface area (Å²) >= 11 is 0. The molecule has 2 unspecified atom stereocenters. The van der Waals surface area contributed by atoms with Crippen LogP contribution >= 0.6 is 0 Å². The van der Waals surface area contributed by atoms with Gasteiger partial charge >= 0.3 is 5.69 Å². The van der Waals surface area contributed by atoms with Crippen LogP contribution < -0.4 is 10.2 Å². The van der Waals surface area contributed by atoms with E-state index in [1.165, 1.54) is 6.07 Å². The number of nitro groups is 1. The molecule has 0 saturated carbocycles. The fourth-order valence-corrected chi connectivity index (χ4v) is 3.60. The zero-order valence-electron chi connectivity index (χ0n) is 11.8. The van der Waals surface area contributed by atoms with E-state index in [0.29, 0.717) is 17.8 Å². The van der Waals surface area contributed by atoms with E-state index in [9.17, 15) is 10.1 Å². The van der Waals surface area contributed by atoms with Crippen LogP contribution in [0.5, 0.6) is 0 Å². The van der Waals surface area contributed by atoms with Gasteiger partial charge in [-0.3, -0.25) is 10.1 Å². The predicted octanol–water partition coefficient (Wildman–Crippen LogP) is 2.19. The van der Waals surface area contributed by atoms with Crippen LogP contribution in [0, 0.1) is 21.4 Å². The minimum atomic E-state index is -0.425. The van der Waals surface area contributed by atoms with Crippen LogP contribution in [0.3, 0.4) is 0 Å². The van der Waals surface area contributed by atoms with Crippen molar-refractivity contribution in [1.29, 1.82) is 5.26 Å². The van der Waals surface area contributed by atoms with Gasteiger partial charge in [-0.1, -0.05) is 6.07 Å². The summed E-state index contributed by atoms with van der Waals surface area (Å²) in [6.45, 7) is 1.84. The summed E-state index contributed by atoms with van der Waals surface area (Å²) in [5, 5.41) is 24.0. The number of anilines is 1. The third-order valence-electron chi connectivity index (χ3n) is 4.49. The Kier molecular flexibility index (Phi) is 3.76. The van der Waals surface area contributed by atoms with Crippen molar-refractivity contribution in [1.82, 2.24) is 5.32 Å². The molecule has 2 fully saturated rings. The third-order valence-corrected chi connectivity index (χ3v) is 4.49. The van der Waals surface area contributed by atoms with Gasteiger partial charge in [-0.25, -0.2) is 0 Å². The molecule has 1 N–H and O–H groups in total. The predicted molar refractivity (Wildman–Crippen MR) is 79.2 cm³/mol. The van der Waals surface area contributed by atoms with Crippen molar-refractivity contribution in [3.05, 3.63) is 33.9 Å². The Hall–Kier alpha value is -2.13. The molecule has 0 radical (unpaired) electrons. The lowest BCUT2D eigenvalue weighted by Gasteiger charge is -2.31. The molecule has 0 aromatic heterocycles. The van der Waals surface area contributed by atoms with Gasteiger partial charge in [0.25, 0.3) is 0 Å². The SMILES string of the molecule is N#Cc1cccc(N2CCCC2C2CCCN2)c1[N+](=O)[O-]. The maximum atomic E-state index is 11.4. The first kappa shape index (κ1) is 13.8. The molecule has 6 nitrogen and oxygen atoms in total. The van der Waals surface area contributed by atoms with E-state index in [2.05, 4.69) is 10.2 Å². The molecule has 3 rings (SSSR count). The van der Waals surface area contributed by atoms with Gasteiger partial charge in [0.2, 0.25) is 0 Å². The van der Waals surface area contributed by atoms with E-state index in [1.54, 1.807) is 12.1 Å². The Morgan fingerprint density at radius 1 is 1.38 bits per heavy atom. The largest absolute Gasteiger partial charge is 0.361 e. The van der Waals surface area contributed by atoms with E-state index >= 15 is 0 Å². The zero-order valence-corrected chi connectivity index (χ0v) is 11.8. The zero-order chi connectivity index (χ0) is 14.8. The average Bonchev–Trinajstić information content (AvgIpc) is 3.16. The van der Waals surface area contributed by atoms with Crippen molar-refractivity contribution in [3.63, 3.8) is 0 Å². The summed E-state index contributed by atoms with van der Waals surface area (Å²) in [7, 11) is 0.